The van der Waals surface area contributed by atoms with Crippen LogP contribution in [-0.4, -0.2) is 70.1 Å². The Morgan fingerprint density at radius 3 is 2.47 bits per heavy atom. The molecule has 2 atom stereocenters. The summed E-state index contributed by atoms with van der Waals surface area (Å²) in [5.41, 5.74) is 6.00. The van der Waals surface area contributed by atoms with Crippen LogP contribution in [-0.2, 0) is 31.3 Å². The second-order valence-electron chi connectivity index (χ2n) is 7.90. The maximum Gasteiger partial charge on any atom is 0.282 e. The fourth-order valence-corrected chi connectivity index (χ4v) is 9.06. The molecule has 0 radical (unpaired) electrons. The van der Waals surface area contributed by atoms with Crippen molar-refractivity contribution >= 4 is 31.4 Å². The molecule has 0 saturated carbocycles. The molecule has 0 amide bonds. The molecule has 2 aromatic rings. The average molecular weight is 504 g/mol. The van der Waals surface area contributed by atoms with E-state index in [1.165, 1.54) is 20.7 Å². The number of nitrogens with two attached hydrogens (primary N) is 1. The minimum Gasteiger partial charge on any atom is -0.379 e. The molecule has 2 N–H and O–H groups in total. The number of thiophene rings is 1. The van der Waals surface area contributed by atoms with Gasteiger partial charge in [-0.15, -0.1) is 11.3 Å². The third-order valence-electron chi connectivity index (χ3n) is 5.86. The molecule has 32 heavy (non-hydrogen) atoms. The van der Waals surface area contributed by atoms with E-state index in [0.717, 1.165) is 16.2 Å². The zero-order valence-corrected chi connectivity index (χ0v) is 19.8. The maximum atomic E-state index is 14.5. The molecular formula is C20H26FN3O5S3. The van der Waals surface area contributed by atoms with E-state index in [1.807, 2.05) is 0 Å². The first-order chi connectivity index (χ1) is 15.2. The monoisotopic (exact) mass is 503 g/mol. The van der Waals surface area contributed by atoms with Crippen molar-refractivity contribution in [3.05, 3.63) is 52.7 Å². The van der Waals surface area contributed by atoms with Crippen LogP contribution in [0.15, 0.2) is 40.6 Å². The van der Waals surface area contributed by atoms with Crippen molar-refractivity contribution in [1.29, 1.82) is 0 Å². The van der Waals surface area contributed by atoms with Gasteiger partial charge in [-0.05, 0) is 30.2 Å². The Kier molecular flexibility index (Phi) is 7.01. The van der Waals surface area contributed by atoms with E-state index < -0.39 is 37.8 Å². The summed E-state index contributed by atoms with van der Waals surface area (Å²) in [6.45, 7) is 1.23. The highest BCUT2D eigenvalue weighted by molar-refractivity contribution is 7.93. The minimum atomic E-state index is -3.94. The van der Waals surface area contributed by atoms with Gasteiger partial charge in [0.2, 0.25) is 0 Å². The first kappa shape index (κ1) is 23.7. The van der Waals surface area contributed by atoms with Gasteiger partial charge in [-0.25, -0.2) is 12.8 Å². The number of hydrogen-bond donors (Lipinski definition) is 1. The predicted molar refractivity (Wildman–Crippen MR) is 120 cm³/mol. The number of hydrogen-bond acceptors (Lipinski definition) is 7. The molecule has 1 aromatic heterocycles. The number of morpholine rings is 1. The normalized spacial score (nSPS) is 23.6. The first-order valence-electron chi connectivity index (χ1n) is 10.3. The largest absolute Gasteiger partial charge is 0.379 e. The lowest BCUT2D eigenvalue weighted by molar-refractivity contribution is 0.0700. The number of nitrogens with zero attached hydrogens (tertiary/aromatic N) is 2. The van der Waals surface area contributed by atoms with Crippen molar-refractivity contribution in [2.75, 3.05) is 38.6 Å². The van der Waals surface area contributed by atoms with Crippen molar-refractivity contribution < 1.29 is 26.0 Å². The predicted octanol–water partition coefficient (Wildman–Crippen LogP) is 1.55. The number of rotatable bonds is 7. The Balaban J connectivity index is 1.65. The highest BCUT2D eigenvalue weighted by atomic mass is 32.2. The van der Waals surface area contributed by atoms with Crippen LogP contribution in [0, 0.1) is 5.82 Å². The van der Waals surface area contributed by atoms with Gasteiger partial charge >= 0.3 is 0 Å². The zero-order chi connectivity index (χ0) is 22.9. The molecule has 2 fully saturated rings. The number of sulfone groups is 1. The van der Waals surface area contributed by atoms with Crippen LogP contribution in [0.1, 0.15) is 22.8 Å². The highest BCUT2D eigenvalue weighted by Gasteiger charge is 2.45. The van der Waals surface area contributed by atoms with Gasteiger partial charge < -0.3 is 10.5 Å². The van der Waals surface area contributed by atoms with Gasteiger partial charge in [-0.1, -0.05) is 18.2 Å². The fourth-order valence-electron chi connectivity index (χ4n) is 4.25. The summed E-state index contributed by atoms with van der Waals surface area (Å²) < 4.78 is 75.5. The van der Waals surface area contributed by atoms with Crippen molar-refractivity contribution in [1.82, 2.24) is 8.61 Å². The highest BCUT2D eigenvalue weighted by Crippen LogP contribution is 2.37. The van der Waals surface area contributed by atoms with E-state index in [4.69, 9.17) is 10.5 Å². The Morgan fingerprint density at radius 1 is 1.09 bits per heavy atom. The molecule has 3 heterocycles. The van der Waals surface area contributed by atoms with E-state index in [-0.39, 0.29) is 55.8 Å². The topological polar surface area (TPSA) is 110 Å². The number of ether oxygens (including phenoxy) is 1. The van der Waals surface area contributed by atoms with Crippen molar-refractivity contribution in [2.24, 2.45) is 5.73 Å². The first-order valence-corrected chi connectivity index (χ1v) is 14.2. The fraction of sp³-hybridized carbons (Fsp3) is 0.500. The summed E-state index contributed by atoms with van der Waals surface area (Å²) in [7, 11) is -7.69. The van der Waals surface area contributed by atoms with Gasteiger partial charge in [-0.2, -0.15) is 17.0 Å². The molecule has 0 unspecified atom stereocenters. The van der Waals surface area contributed by atoms with E-state index in [1.54, 1.807) is 24.3 Å². The van der Waals surface area contributed by atoms with Crippen LogP contribution in [0.2, 0.25) is 0 Å². The zero-order valence-electron chi connectivity index (χ0n) is 17.4. The molecule has 2 aliphatic rings. The van der Waals surface area contributed by atoms with Crippen LogP contribution in [0.4, 0.5) is 4.39 Å². The Hall–Kier alpha value is -1.41. The van der Waals surface area contributed by atoms with Crippen LogP contribution >= 0.6 is 11.3 Å². The molecule has 2 saturated heterocycles. The lowest BCUT2D eigenvalue weighted by Crippen LogP contribution is -2.51. The van der Waals surface area contributed by atoms with E-state index in [2.05, 4.69) is 0 Å². The SMILES string of the molecule is NCc1ccc(S(=O)(=O)C[C@@H]2C[C@H](c3ccccc3F)CN2S(=O)(=O)N2CCOCC2)s1. The number of benzene rings is 1. The van der Waals surface area contributed by atoms with Crippen molar-refractivity contribution in [2.45, 2.75) is 29.1 Å². The molecule has 0 spiro atoms. The Labute approximate surface area is 191 Å². The van der Waals surface area contributed by atoms with E-state index >= 15 is 0 Å². The molecule has 0 aliphatic carbocycles. The maximum absolute atomic E-state index is 14.5. The summed E-state index contributed by atoms with van der Waals surface area (Å²) in [4.78, 5) is 0.733. The van der Waals surface area contributed by atoms with Crippen LogP contribution in [0.5, 0.6) is 0 Å². The van der Waals surface area contributed by atoms with Crippen LogP contribution in [0.3, 0.4) is 0 Å². The smallest absolute Gasteiger partial charge is 0.282 e. The van der Waals surface area contributed by atoms with Gasteiger partial charge in [0, 0.05) is 43.0 Å². The molecule has 2 aliphatic heterocycles. The summed E-state index contributed by atoms with van der Waals surface area (Å²) in [6.07, 6.45) is 0.221. The molecule has 0 bridgehead atoms. The molecule has 4 rings (SSSR count). The van der Waals surface area contributed by atoms with Crippen LogP contribution in [0.25, 0.3) is 0 Å². The van der Waals surface area contributed by atoms with Gasteiger partial charge in [0.1, 0.15) is 10.0 Å². The average Bonchev–Trinajstić information content (AvgIpc) is 3.42. The second-order valence-corrected chi connectivity index (χ2v) is 13.2. The van der Waals surface area contributed by atoms with Gasteiger partial charge in [0.05, 0.1) is 19.0 Å². The minimum absolute atomic E-state index is 0.0271. The third-order valence-corrected chi connectivity index (χ3v) is 11.4. The molecule has 8 nitrogen and oxygen atoms in total. The molecular weight excluding hydrogens is 477 g/mol. The number of halogens is 1. The lowest BCUT2D eigenvalue weighted by Gasteiger charge is -2.32. The van der Waals surface area contributed by atoms with Crippen molar-refractivity contribution in [3.63, 3.8) is 0 Å². The van der Waals surface area contributed by atoms with Crippen molar-refractivity contribution in [3.8, 4) is 0 Å². The van der Waals surface area contributed by atoms with Gasteiger partial charge in [0.25, 0.3) is 10.2 Å². The third kappa shape index (κ3) is 4.76. The van der Waals surface area contributed by atoms with E-state index in [9.17, 15) is 21.2 Å². The molecule has 176 valence electrons. The summed E-state index contributed by atoms with van der Waals surface area (Å²) in [5.74, 6) is -1.22. The van der Waals surface area contributed by atoms with Gasteiger partial charge in [-0.3, -0.25) is 0 Å². The van der Waals surface area contributed by atoms with E-state index in [0.29, 0.717) is 5.56 Å². The van der Waals surface area contributed by atoms with Crippen LogP contribution < -0.4 is 5.73 Å². The quantitative estimate of drug-likeness (QED) is 0.614. The van der Waals surface area contributed by atoms with Gasteiger partial charge in [0.15, 0.2) is 9.84 Å². The Bertz CT molecular complexity index is 1160. The standard InChI is InChI=1S/C20H26FN3O5S3/c21-19-4-2-1-3-18(19)15-11-16(14-31(25,26)20-6-5-17(12-22)30-20)24(13-15)32(27,28)23-7-9-29-10-8-23/h1-6,15-16H,7-14,22H2/t15-,16-/m0/s1. The lowest BCUT2D eigenvalue weighted by atomic mass is 9.96. The second kappa shape index (κ2) is 9.45. The Morgan fingerprint density at radius 2 is 1.81 bits per heavy atom. The molecule has 12 heteroatoms. The molecule has 1 aromatic carbocycles. The summed E-state index contributed by atoms with van der Waals surface area (Å²) in [5, 5.41) is 0. The summed E-state index contributed by atoms with van der Waals surface area (Å²) >= 11 is 1.09. The summed E-state index contributed by atoms with van der Waals surface area (Å²) in [6, 6.07) is 8.60.